The van der Waals surface area contributed by atoms with Crippen molar-refractivity contribution in [2.75, 3.05) is 6.61 Å². The molecule has 2 aromatic carbocycles. The summed E-state index contributed by atoms with van der Waals surface area (Å²) in [7, 11) is 0. The van der Waals surface area contributed by atoms with Gasteiger partial charge in [0.15, 0.2) is 11.5 Å². The summed E-state index contributed by atoms with van der Waals surface area (Å²) in [5.74, 6) is 1.95. The number of hydrogen-bond acceptors (Lipinski definition) is 2. The Morgan fingerprint density at radius 1 is 0.905 bits per heavy atom. The first-order valence-electron chi connectivity index (χ1n) is 5.87. The van der Waals surface area contributed by atoms with Gasteiger partial charge in [0.05, 0.1) is 8.95 Å². The molecule has 0 aliphatic rings. The average molecular weight is 542 g/mol. The molecule has 110 valence electrons. The molecule has 0 amide bonds. The molecule has 0 fully saturated rings. The SMILES string of the molecule is C=CCOc1c(Br)cc(Br)cc1Oc1ccc(Br)cc1Br. The first-order valence-corrected chi connectivity index (χ1v) is 9.04. The number of hydrogen-bond donors (Lipinski definition) is 0. The lowest BCUT2D eigenvalue weighted by Gasteiger charge is -2.15. The van der Waals surface area contributed by atoms with E-state index in [2.05, 4.69) is 70.3 Å². The highest BCUT2D eigenvalue weighted by molar-refractivity contribution is 9.11. The van der Waals surface area contributed by atoms with E-state index in [0.717, 1.165) is 17.9 Å². The number of benzene rings is 2. The van der Waals surface area contributed by atoms with E-state index in [1.165, 1.54) is 0 Å². The summed E-state index contributed by atoms with van der Waals surface area (Å²) in [5.41, 5.74) is 0. The van der Waals surface area contributed by atoms with Crippen molar-refractivity contribution in [1.29, 1.82) is 0 Å². The lowest BCUT2D eigenvalue weighted by atomic mass is 10.3. The zero-order chi connectivity index (χ0) is 15.4. The summed E-state index contributed by atoms with van der Waals surface area (Å²) in [6.45, 7) is 4.06. The van der Waals surface area contributed by atoms with Crippen molar-refractivity contribution < 1.29 is 9.47 Å². The molecule has 0 atom stereocenters. The van der Waals surface area contributed by atoms with Crippen molar-refractivity contribution in [2.45, 2.75) is 0 Å². The van der Waals surface area contributed by atoms with Gasteiger partial charge in [0.25, 0.3) is 0 Å². The third kappa shape index (κ3) is 4.58. The van der Waals surface area contributed by atoms with Crippen LogP contribution in [0.25, 0.3) is 0 Å². The zero-order valence-electron chi connectivity index (χ0n) is 10.7. The molecule has 0 saturated carbocycles. The standard InChI is InChI=1S/C15H10Br4O2/c1-2-5-20-15-12(19)7-10(17)8-14(15)21-13-4-3-9(16)6-11(13)18/h2-4,6-8H,1,5H2. The van der Waals surface area contributed by atoms with E-state index in [4.69, 9.17) is 9.47 Å². The van der Waals surface area contributed by atoms with E-state index in [1.54, 1.807) is 6.08 Å². The van der Waals surface area contributed by atoms with Crippen LogP contribution in [-0.4, -0.2) is 6.61 Å². The molecule has 21 heavy (non-hydrogen) atoms. The summed E-state index contributed by atoms with van der Waals surface area (Å²) in [6.07, 6.45) is 1.69. The van der Waals surface area contributed by atoms with Gasteiger partial charge in [0.2, 0.25) is 0 Å². The molecule has 0 unspecified atom stereocenters. The Morgan fingerprint density at radius 2 is 1.62 bits per heavy atom. The Kier molecular flexibility index (Phi) is 6.34. The van der Waals surface area contributed by atoms with E-state index in [0.29, 0.717) is 23.9 Å². The number of ether oxygens (including phenoxy) is 2. The predicted molar refractivity (Wildman–Crippen MR) is 99.5 cm³/mol. The van der Waals surface area contributed by atoms with E-state index >= 15 is 0 Å². The van der Waals surface area contributed by atoms with Gasteiger partial charge in [-0.15, -0.1) is 0 Å². The molecule has 2 rings (SSSR count). The largest absolute Gasteiger partial charge is 0.484 e. The van der Waals surface area contributed by atoms with Gasteiger partial charge in [-0.2, -0.15) is 0 Å². The van der Waals surface area contributed by atoms with Crippen LogP contribution >= 0.6 is 63.7 Å². The van der Waals surface area contributed by atoms with Gasteiger partial charge in [-0.25, -0.2) is 0 Å². The molecule has 2 aromatic rings. The minimum Gasteiger partial charge on any atom is -0.484 e. The maximum absolute atomic E-state index is 5.97. The van der Waals surface area contributed by atoms with Crippen LogP contribution in [0.3, 0.4) is 0 Å². The molecular formula is C15H10Br4O2. The highest BCUT2D eigenvalue weighted by Gasteiger charge is 2.14. The third-order valence-corrected chi connectivity index (χ3v) is 4.59. The second-order valence-corrected chi connectivity index (χ2v) is 7.53. The Balaban J connectivity index is 2.39. The minimum absolute atomic E-state index is 0.401. The summed E-state index contributed by atoms with van der Waals surface area (Å²) in [4.78, 5) is 0. The van der Waals surface area contributed by atoms with E-state index in [1.807, 2.05) is 30.3 Å². The molecule has 0 radical (unpaired) electrons. The normalized spacial score (nSPS) is 10.3. The van der Waals surface area contributed by atoms with Crippen molar-refractivity contribution in [3.63, 3.8) is 0 Å². The molecule has 0 saturated heterocycles. The van der Waals surface area contributed by atoms with Gasteiger partial charge in [-0.1, -0.05) is 44.5 Å². The molecule has 0 aromatic heterocycles. The Morgan fingerprint density at radius 3 is 2.29 bits per heavy atom. The molecule has 2 nitrogen and oxygen atoms in total. The monoisotopic (exact) mass is 538 g/mol. The van der Waals surface area contributed by atoms with Crippen molar-refractivity contribution in [2.24, 2.45) is 0 Å². The predicted octanol–water partition coefficient (Wildman–Crippen LogP) is 7.09. The van der Waals surface area contributed by atoms with Crippen LogP contribution in [0.5, 0.6) is 17.2 Å². The molecule has 6 heteroatoms. The molecule has 0 spiro atoms. The summed E-state index contributed by atoms with van der Waals surface area (Å²) < 4.78 is 15.2. The van der Waals surface area contributed by atoms with Crippen LogP contribution in [-0.2, 0) is 0 Å². The molecule has 0 aliphatic heterocycles. The summed E-state index contributed by atoms with van der Waals surface area (Å²) in [6, 6.07) is 9.48. The van der Waals surface area contributed by atoms with Crippen LogP contribution < -0.4 is 9.47 Å². The van der Waals surface area contributed by atoms with Crippen molar-refractivity contribution in [3.05, 3.63) is 60.9 Å². The smallest absolute Gasteiger partial charge is 0.176 e. The third-order valence-electron chi connectivity index (χ3n) is 2.43. The minimum atomic E-state index is 0.401. The molecule has 0 heterocycles. The summed E-state index contributed by atoms with van der Waals surface area (Å²) in [5, 5.41) is 0. The second-order valence-electron chi connectivity index (χ2n) is 3.99. The van der Waals surface area contributed by atoms with E-state index in [-0.39, 0.29) is 0 Å². The maximum Gasteiger partial charge on any atom is 0.176 e. The quantitative estimate of drug-likeness (QED) is 0.376. The van der Waals surface area contributed by atoms with Crippen molar-refractivity contribution in [1.82, 2.24) is 0 Å². The van der Waals surface area contributed by atoms with Crippen LogP contribution in [0, 0.1) is 0 Å². The molecule has 0 bridgehead atoms. The fourth-order valence-corrected chi connectivity index (χ4v) is 4.00. The summed E-state index contributed by atoms with van der Waals surface area (Å²) >= 11 is 13.8. The lowest BCUT2D eigenvalue weighted by molar-refractivity contribution is 0.337. The van der Waals surface area contributed by atoms with Gasteiger partial charge in [0, 0.05) is 8.95 Å². The molecule has 0 N–H and O–H groups in total. The van der Waals surface area contributed by atoms with Gasteiger partial charge < -0.3 is 9.47 Å². The van der Waals surface area contributed by atoms with Crippen LogP contribution in [0.15, 0.2) is 60.9 Å². The zero-order valence-corrected chi connectivity index (χ0v) is 17.1. The highest BCUT2D eigenvalue weighted by atomic mass is 79.9. The average Bonchev–Trinajstić information content (AvgIpc) is 2.41. The highest BCUT2D eigenvalue weighted by Crippen LogP contribution is 2.42. The van der Waals surface area contributed by atoms with Gasteiger partial charge in [0.1, 0.15) is 12.4 Å². The fraction of sp³-hybridized carbons (Fsp3) is 0.0667. The van der Waals surface area contributed by atoms with Crippen molar-refractivity contribution in [3.8, 4) is 17.2 Å². The van der Waals surface area contributed by atoms with Gasteiger partial charge >= 0.3 is 0 Å². The topological polar surface area (TPSA) is 18.5 Å². The van der Waals surface area contributed by atoms with Crippen LogP contribution in [0.1, 0.15) is 0 Å². The van der Waals surface area contributed by atoms with Crippen LogP contribution in [0.2, 0.25) is 0 Å². The Bertz CT molecular complexity index is 671. The lowest BCUT2D eigenvalue weighted by Crippen LogP contribution is -1.97. The van der Waals surface area contributed by atoms with Crippen molar-refractivity contribution >= 4 is 63.7 Å². The molecular weight excluding hydrogens is 532 g/mol. The van der Waals surface area contributed by atoms with Crippen LogP contribution in [0.4, 0.5) is 0 Å². The van der Waals surface area contributed by atoms with E-state index < -0.39 is 0 Å². The number of halogens is 4. The fourth-order valence-electron chi connectivity index (χ4n) is 1.57. The van der Waals surface area contributed by atoms with Gasteiger partial charge in [-0.3, -0.25) is 0 Å². The maximum atomic E-state index is 5.97. The second kappa shape index (κ2) is 7.81. The van der Waals surface area contributed by atoms with E-state index in [9.17, 15) is 0 Å². The first kappa shape index (κ1) is 17.1. The Labute approximate surface area is 157 Å². The molecule has 0 aliphatic carbocycles. The number of rotatable bonds is 5. The van der Waals surface area contributed by atoms with Gasteiger partial charge in [-0.05, 0) is 62.2 Å². The first-order chi connectivity index (χ1) is 10.0. The Hall–Kier alpha value is -0.300.